The van der Waals surface area contributed by atoms with Crippen LogP contribution < -0.4 is 5.32 Å². The fourth-order valence-electron chi connectivity index (χ4n) is 4.15. The number of benzene rings is 4. The summed E-state index contributed by atoms with van der Waals surface area (Å²) in [7, 11) is 0. The van der Waals surface area contributed by atoms with E-state index < -0.39 is 0 Å². The number of nitro groups is 1. The van der Waals surface area contributed by atoms with Crippen molar-refractivity contribution in [2.45, 2.75) is 13.0 Å². The van der Waals surface area contributed by atoms with E-state index >= 15 is 0 Å². The van der Waals surface area contributed by atoms with E-state index in [2.05, 4.69) is 33.9 Å². The van der Waals surface area contributed by atoms with E-state index in [1.807, 2.05) is 72.9 Å². The minimum atomic E-state index is -0.333. The highest BCUT2D eigenvalue weighted by Crippen LogP contribution is 2.35. The van der Waals surface area contributed by atoms with E-state index in [1.165, 1.54) is 5.56 Å². The second kappa shape index (κ2) is 8.59. The average Bonchev–Trinajstić information content (AvgIpc) is 3.34. The third-order valence-electron chi connectivity index (χ3n) is 5.87. The summed E-state index contributed by atoms with van der Waals surface area (Å²) in [6.07, 6.45) is 3.79. The Morgan fingerprint density at radius 2 is 1.64 bits per heavy atom. The molecule has 0 amide bonds. The number of imidazole rings is 1. The highest BCUT2D eigenvalue weighted by atomic mass is 16.6. The van der Waals surface area contributed by atoms with Crippen molar-refractivity contribution >= 4 is 27.8 Å². The summed E-state index contributed by atoms with van der Waals surface area (Å²) in [5, 5.41) is 16.5. The number of rotatable bonds is 6. The zero-order valence-corrected chi connectivity index (χ0v) is 18.1. The molecule has 0 radical (unpaired) electrons. The molecule has 0 aliphatic carbocycles. The Morgan fingerprint density at radius 1 is 0.909 bits per heavy atom. The van der Waals surface area contributed by atoms with Crippen LogP contribution in [0, 0.1) is 10.1 Å². The van der Waals surface area contributed by atoms with Gasteiger partial charge in [0, 0.05) is 23.6 Å². The standard InChI is InChI=1S/C27H22N4O2/c1-19(20-7-3-2-4-8-20)30-18-17-28-27(30)22-11-14-23(15-12-22)29-25-16-13-21-9-5-6-10-24(21)26(25)31(32)33/h2-19,29H,1H3. The van der Waals surface area contributed by atoms with Crippen LogP contribution in [0.4, 0.5) is 17.1 Å². The van der Waals surface area contributed by atoms with Crippen LogP contribution in [0.25, 0.3) is 22.2 Å². The number of anilines is 2. The van der Waals surface area contributed by atoms with Gasteiger partial charge < -0.3 is 9.88 Å². The smallest absolute Gasteiger partial charge is 0.300 e. The second-order valence-electron chi connectivity index (χ2n) is 7.89. The Hall–Kier alpha value is -4.45. The quantitative estimate of drug-likeness (QED) is 0.231. The van der Waals surface area contributed by atoms with Crippen molar-refractivity contribution in [1.82, 2.24) is 9.55 Å². The summed E-state index contributed by atoms with van der Waals surface area (Å²) >= 11 is 0. The molecular weight excluding hydrogens is 412 g/mol. The Kier molecular flexibility index (Phi) is 5.32. The number of fused-ring (bicyclic) bond motifs is 1. The van der Waals surface area contributed by atoms with Crippen LogP contribution in [0.15, 0.2) is 103 Å². The fourth-order valence-corrected chi connectivity index (χ4v) is 4.15. The summed E-state index contributed by atoms with van der Waals surface area (Å²) < 4.78 is 2.14. The third kappa shape index (κ3) is 3.94. The topological polar surface area (TPSA) is 73.0 Å². The molecule has 1 N–H and O–H groups in total. The molecule has 162 valence electrons. The first-order valence-corrected chi connectivity index (χ1v) is 10.7. The maximum Gasteiger partial charge on any atom is 0.300 e. The van der Waals surface area contributed by atoms with E-state index in [1.54, 1.807) is 18.3 Å². The zero-order chi connectivity index (χ0) is 22.8. The molecule has 5 rings (SSSR count). The van der Waals surface area contributed by atoms with Gasteiger partial charge >= 0.3 is 0 Å². The van der Waals surface area contributed by atoms with Crippen LogP contribution in [0.3, 0.4) is 0 Å². The van der Waals surface area contributed by atoms with E-state index in [-0.39, 0.29) is 16.7 Å². The summed E-state index contributed by atoms with van der Waals surface area (Å²) in [4.78, 5) is 16.0. The molecular formula is C27H22N4O2. The minimum Gasteiger partial charge on any atom is -0.350 e. The Balaban J connectivity index is 1.44. The van der Waals surface area contributed by atoms with E-state index in [4.69, 9.17) is 0 Å². The van der Waals surface area contributed by atoms with Crippen molar-refractivity contribution < 1.29 is 4.92 Å². The fraction of sp³-hybridized carbons (Fsp3) is 0.0741. The first kappa shape index (κ1) is 20.5. The molecule has 1 unspecified atom stereocenters. The lowest BCUT2D eigenvalue weighted by atomic mass is 10.1. The highest BCUT2D eigenvalue weighted by Gasteiger charge is 2.19. The molecule has 0 saturated carbocycles. The van der Waals surface area contributed by atoms with Gasteiger partial charge in [0.25, 0.3) is 5.69 Å². The van der Waals surface area contributed by atoms with Gasteiger partial charge in [0.1, 0.15) is 11.5 Å². The lowest BCUT2D eigenvalue weighted by molar-refractivity contribution is -0.382. The molecule has 5 aromatic rings. The molecule has 0 fully saturated rings. The molecule has 1 heterocycles. The van der Waals surface area contributed by atoms with Crippen molar-refractivity contribution in [3.05, 3.63) is 119 Å². The molecule has 0 saturated heterocycles. The number of nitro benzene ring substituents is 1. The Morgan fingerprint density at radius 3 is 2.39 bits per heavy atom. The number of hydrogen-bond donors (Lipinski definition) is 1. The largest absolute Gasteiger partial charge is 0.350 e. The number of nitrogens with one attached hydrogen (secondary N) is 1. The Labute approximate surface area is 191 Å². The van der Waals surface area contributed by atoms with Crippen LogP contribution in [-0.4, -0.2) is 14.5 Å². The van der Waals surface area contributed by atoms with Crippen molar-refractivity contribution in [3.63, 3.8) is 0 Å². The molecule has 1 aromatic heterocycles. The van der Waals surface area contributed by atoms with E-state index in [0.717, 1.165) is 22.5 Å². The second-order valence-corrected chi connectivity index (χ2v) is 7.89. The van der Waals surface area contributed by atoms with Crippen molar-refractivity contribution in [2.24, 2.45) is 0 Å². The zero-order valence-electron chi connectivity index (χ0n) is 18.1. The van der Waals surface area contributed by atoms with E-state index in [0.29, 0.717) is 11.1 Å². The first-order chi connectivity index (χ1) is 16.1. The summed E-state index contributed by atoms with van der Waals surface area (Å²) in [6.45, 7) is 2.15. The van der Waals surface area contributed by atoms with Crippen LogP contribution in [0.2, 0.25) is 0 Å². The van der Waals surface area contributed by atoms with Gasteiger partial charge in [-0.1, -0.05) is 54.6 Å². The van der Waals surface area contributed by atoms with Gasteiger partial charge in [-0.2, -0.15) is 0 Å². The molecule has 6 heteroatoms. The maximum absolute atomic E-state index is 11.8. The number of nitrogens with zero attached hydrogens (tertiary/aromatic N) is 3. The molecule has 33 heavy (non-hydrogen) atoms. The number of aromatic nitrogens is 2. The average molecular weight is 434 g/mol. The van der Waals surface area contributed by atoms with Crippen LogP contribution >= 0.6 is 0 Å². The van der Waals surface area contributed by atoms with Gasteiger partial charge in [0.15, 0.2) is 0 Å². The van der Waals surface area contributed by atoms with Gasteiger partial charge in [0.2, 0.25) is 0 Å². The van der Waals surface area contributed by atoms with E-state index in [9.17, 15) is 10.1 Å². The molecule has 4 aromatic carbocycles. The lowest BCUT2D eigenvalue weighted by Gasteiger charge is -2.17. The molecule has 0 bridgehead atoms. The van der Waals surface area contributed by atoms with Crippen LogP contribution in [0.1, 0.15) is 18.5 Å². The van der Waals surface area contributed by atoms with Crippen LogP contribution in [-0.2, 0) is 0 Å². The normalized spacial score (nSPS) is 11.9. The van der Waals surface area contributed by atoms with Crippen LogP contribution in [0.5, 0.6) is 0 Å². The summed E-state index contributed by atoms with van der Waals surface area (Å²) in [5.74, 6) is 0.870. The monoisotopic (exact) mass is 434 g/mol. The molecule has 1 atom stereocenters. The minimum absolute atomic E-state index is 0.0735. The van der Waals surface area contributed by atoms with Gasteiger partial charge in [-0.05, 0) is 54.3 Å². The number of hydrogen-bond acceptors (Lipinski definition) is 4. The van der Waals surface area contributed by atoms with Gasteiger partial charge in [-0.3, -0.25) is 10.1 Å². The lowest BCUT2D eigenvalue weighted by Crippen LogP contribution is -2.07. The maximum atomic E-state index is 11.8. The Bertz CT molecular complexity index is 1430. The molecule has 0 spiro atoms. The molecule has 0 aliphatic rings. The summed E-state index contributed by atoms with van der Waals surface area (Å²) in [5.41, 5.74) is 3.49. The van der Waals surface area contributed by atoms with Crippen molar-refractivity contribution in [2.75, 3.05) is 5.32 Å². The SMILES string of the molecule is CC(c1ccccc1)n1ccnc1-c1ccc(Nc2ccc3ccccc3c2[N+](=O)[O-])cc1. The van der Waals surface area contributed by atoms with Gasteiger partial charge in [0.05, 0.1) is 16.4 Å². The summed E-state index contributed by atoms with van der Waals surface area (Å²) in [6, 6.07) is 29.2. The first-order valence-electron chi connectivity index (χ1n) is 10.7. The highest BCUT2D eigenvalue weighted by molar-refractivity contribution is 5.97. The van der Waals surface area contributed by atoms with Gasteiger partial charge in [-0.15, -0.1) is 0 Å². The predicted molar refractivity (Wildman–Crippen MR) is 132 cm³/mol. The third-order valence-corrected chi connectivity index (χ3v) is 5.87. The van der Waals surface area contributed by atoms with Crippen molar-refractivity contribution in [1.29, 1.82) is 0 Å². The van der Waals surface area contributed by atoms with Crippen molar-refractivity contribution in [3.8, 4) is 11.4 Å². The molecule has 6 nitrogen and oxygen atoms in total. The predicted octanol–water partition coefficient (Wildman–Crippen LogP) is 6.96. The molecule has 0 aliphatic heterocycles. The van der Waals surface area contributed by atoms with Gasteiger partial charge in [-0.25, -0.2) is 4.98 Å².